The number of thiazole rings is 1. The number of hydrogen-bond acceptors (Lipinski definition) is 3. The van der Waals surface area contributed by atoms with Gasteiger partial charge in [0.15, 0.2) is 0 Å². The zero-order valence-electron chi connectivity index (χ0n) is 10.8. The van der Waals surface area contributed by atoms with E-state index in [0.29, 0.717) is 5.41 Å². The molecule has 0 saturated heterocycles. The molecule has 1 N–H and O–H groups in total. The largest absolute Gasteiger partial charge is 0.310 e. The van der Waals surface area contributed by atoms with Crippen molar-refractivity contribution in [1.82, 2.24) is 10.3 Å². The van der Waals surface area contributed by atoms with Gasteiger partial charge in [-0.05, 0) is 24.0 Å². The van der Waals surface area contributed by atoms with Crippen LogP contribution in [0.4, 0.5) is 0 Å². The average molecular weight is 248 g/mol. The summed E-state index contributed by atoms with van der Waals surface area (Å²) in [5.41, 5.74) is 1.49. The topological polar surface area (TPSA) is 24.9 Å². The molecular weight excluding hydrogens is 228 g/mol. The lowest BCUT2D eigenvalue weighted by Crippen LogP contribution is -2.28. The molecular formula is C14H20N2S. The maximum atomic E-state index is 4.61. The lowest BCUT2D eigenvalue weighted by atomic mass is 9.90. The Morgan fingerprint density at radius 2 is 2.06 bits per heavy atom. The summed E-state index contributed by atoms with van der Waals surface area (Å²) < 4.78 is 1.28. The molecule has 0 saturated carbocycles. The summed E-state index contributed by atoms with van der Waals surface area (Å²) in [6.45, 7) is 8.73. The molecule has 0 aliphatic rings. The third-order valence-corrected chi connectivity index (χ3v) is 4.21. The minimum absolute atomic E-state index is 0.372. The minimum atomic E-state index is 0.372. The summed E-state index contributed by atoms with van der Waals surface area (Å²) >= 11 is 1.78. The van der Waals surface area contributed by atoms with Crippen LogP contribution in [-0.4, -0.2) is 11.5 Å². The van der Waals surface area contributed by atoms with Crippen molar-refractivity contribution in [2.45, 2.75) is 33.7 Å². The van der Waals surface area contributed by atoms with Gasteiger partial charge in [-0.3, -0.25) is 0 Å². The van der Waals surface area contributed by atoms with Gasteiger partial charge in [0, 0.05) is 13.1 Å². The molecule has 2 rings (SSSR count). The fourth-order valence-corrected chi connectivity index (χ4v) is 2.57. The van der Waals surface area contributed by atoms with Crippen molar-refractivity contribution in [2.75, 3.05) is 6.54 Å². The van der Waals surface area contributed by atoms with E-state index in [-0.39, 0.29) is 0 Å². The van der Waals surface area contributed by atoms with Gasteiger partial charge in [0.25, 0.3) is 0 Å². The second-order valence-electron chi connectivity index (χ2n) is 5.20. The Bertz CT molecular complexity index is 455. The fourth-order valence-electron chi connectivity index (χ4n) is 1.63. The molecule has 1 aromatic carbocycles. The number of aromatic nitrogens is 1. The van der Waals surface area contributed by atoms with Crippen LogP contribution >= 0.6 is 11.3 Å². The number of nitrogens with one attached hydrogen (secondary N) is 1. The van der Waals surface area contributed by atoms with Crippen molar-refractivity contribution in [1.29, 1.82) is 0 Å². The highest BCUT2D eigenvalue weighted by atomic mass is 32.1. The zero-order chi connectivity index (χ0) is 12.3. The molecule has 0 amide bonds. The SMILES string of the molecule is CCC(C)(C)CNCc1nc2ccccc2s1. The lowest BCUT2D eigenvalue weighted by Gasteiger charge is -2.22. The van der Waals surface area contributed by atoms with Crippen LogP contribution in [0.3, 0.4) is 0 Å². The molecule has 0 spiro atoms. The number of fused-ring (bicyclic) bond motifs is 1. The Balaban J connectivity index is 1.95. The fraction of sp³-hybridized carbons (Fsp3) is 0.500. The van der Waals surface area contributed by atoms with E-state index in [1.165, 1.54) is 16.1 Å². The third kappa shape index (κ3) is 3.27. The van der Waals surface area contributed by atoms with E-state index in [1.54, 1.807) is 11.3 Å². The Morgan fingerprint density at radius 3 is 2.76 bits per heavy atom. The van der Waals surface area contributed by atoms with E-state index in [0.717, 1.165) is 18.6 Å². The van der Waals surface area contributed by atoms with Gasteiger partial charge in [-0.25, -0.2) is 4.98 Å². The first-order valence-electron chi connectivity index (χ1n) is 6.16. The van der Waals surface area contributed by atoms with Crippen LogP contribution in [0, 0.1) is 5.41 Å². The number of para-hydroxylation sites is 1. The molecule has 1 heterocycles. The van der Waals surface area contributed by atoms with Gasteiger partial charge < -0.3 is 5.32 Å². The first-order valence-corrected chi connectivity index (χ1v) is 6.97. The van der Waals surface area contributed by atoms with Gasteiger partial charge in [0.05, 0.1) is 10.2 Å². The minimum Gasteiger partial charge on any atom is -0.310 e. The van der Waals surface area contributed by atoms with Gasteiger partial charge >= 0.3 is 0 Å². The second kappa shape index (κ2) is 5.15. The number of benzene rings is 1. The van der Waals surface area contributed by atoms with Gasteiger partial charge in [-0.2, -0.15) is 0 Å². The summed E-state index contributed by atoms with van der Waals surface area (Å²) in [5, 5.41) is 4.68. The molecule has 0 unspecified atom stereocenters. The molecule has 0 aliphatic heterocycles. The molecule has 0 aliphatic carbocycles. The Labute approximate surface area is 107 Å². The van der Waals surface area contributed by atoms with Crippen LogP contribution in [0.1, 0.15) is 32.2 Å². The molecule has 2 aromatic rings. The molecule has 0 radical (unpaired) electrons. The normalized spacial score (nSPS) is 12.2. The van der Waals surface area contributed by atoms with E-state index >= 15 is 0 Å². The first kappa shape index (κ1) is 12.5. The highest BCUT2D eigenvalue weighted by molar-refractivity contribution is 7.18. The molecule has 0 fully saturated rings. The molecule has 0 bridgehead atoms. The monoisotopic (exact) mass is 248 g/mol. The predicted molar refractivity (Wildman–Crippen MR) is 75.4 cm³/mol. The van der Waals surface area contributed by atoms with E-state index in [4.69, 9.17) is 0 Å². The Morgan fingerprint density at radius 1 is 1.29 bits per heavy atom. The van der Waals surface area contributed by atoms with Gasteiger partial charge in [0.1, 0.15) is 5.01 Å². The summed E-state index contributed by atoms with van der Waals surface area (Å²) in [6.07, 6.45) is 1.19. The third-order valence-electron chi connectivity index (χ3n) is 3.18. The van der Waals surface area contributed by atoms with Crippen LogP contribution in [-0.2, 0) is 6.54 Å². The van der Waals surface area contributed by atoms with Crippen molar-refractivity contribution in [3.8, 4) is 0 Å². The van der Waals surface area contributed by atoms with Gasteiger partial charge in [-0.15, -0.1) is 11.3 Å². The Hall–Kier alpha value is -0.930. The molecule has 17 heavy (non-hydrogen) atoms. The number of rotatable bonds is 5. The number of nitrogens with zero attached hydrogens (tertiary/aromatic N) is 1. The van der Waals surface area contributed by atoms with Crippen molar-refractivity contribution in [3.05, 3.63) is 29.3 Å². The van der Waals surface area contributed by atoms with Crippen LogP contribution in [0.5, 0.6) is 0 Å². The highest BCUT2D eigenvalue weighted by Crippen LogP contribution is 2.22. The van der Waals surface area contributed by atoms with Crippen LogP contribution < -0.4 is 5.32 Å². The molecule has 2 nitrogen and oxygen atoms in total. The standard InChI is InChI=1S/C14H20N2S/c1-4-14(2,3)10-15-9-13-16-11-7-5-6-8-12(11)17-13/h5-8,15H,4,9-10H2,1-3H3. The second-order valence-corrected chi connectivity index (χ2v) is 6.31. The maximum Gasteiger partial charge on any atom is 0.108 e. The summed E-state index contributed by atoms with van der Waals surface area (Å²) in [6, 6.07) is 8.31. The Kier molecular flexibility index (Phi) is 3.79. The first-order chi connectivity index (χ1) is 8.11. The van der Waals surface area contributed by atoms with Gasteiger partial charge in [0.2, 0.25) is 0 Å². The lowest BCUT2D eigenvalue weighted by molar-refractivity contribution is 0.327. The van der Waals surface area contributed by atoms with E-state index < -0.39 is 0 Å². The predicted octanol–water partition coefficient (Wildman–Crippen LogP) is 3.82. The quantitative estimate of drug-likeness (QED) is 0.870. The summed E-state index contributed by atoms with van der Waals surface area (Å²) in [5.74, 6) is 0. The molecule has 3 heteroatoms. The van der Waals surface area contributed by atoms with Crippen molar-refractivity contribution < 1.29 is 0 Å². The highest BCUT2D eigenvalue weighted by Gasteiger charge is 2.14. The van der Waals surface area contributed by atoms with Crippen molar-refractivity contribution in [3.63, 3.8) is 0 Å². The smallest absolute Gasteiger partial charge is 0.108 e. The summed E-state index contributed by atoms with van der Waals surface area (Å²) in [4.78, 5) is 4.61. The number of hydrogen-bond donors (Lipinski definition) is 1. The molecule has 0 atom stereocenters. The van der Waals surface area contributed by atoms with E-state index in [1.807, 2.05) is 6.07 Å². The van der Waals surface area contributed by atoms with Crippen molar-refractivity contribution in [2.24, 2.45) is 5.41 Å². The van der Waals surface area contributed by atoms with E-state index in [2.05, 4.69) is 49.3 Å². The zero-order valence-corrected chi connectivity index (χ0v) is 11.6. The maximum absolute atomic E-state index is 4.61. The van der Waals surface area contributed by atoms with Crippen LogP contribution in [0.2, 0.25) is 0 Å². The average Bonchev–Trinajstić information content (AvgIpc) is 2.71. The van der Waals surface area contributed by atoms with Crippen LogP contribution in [0.25, 0.3) is 10.2 Å². The van der Waals surface area contributed by atoms with E-state index in [9.17, 15) is 0 Å². The molecule has 92 valence electrons. The van der Waals surface area contributed by atoms with Crippen molar-refractivity contribution >= 4 is 21.6 Å². The van der Waals surface area contributed by atoms with Gasteiger partial charge in [-0.1, -0.05) is 32.9 Å². The summed E-state index contributed by atoms with van der Waals surface area (Å²) in [7, 11) is 0. The molecule has 1 aromatic heterocycles. The van der Waals surface area contributed by atoms with Crippen LogP contribution in [0.15, 0.2) is 24.3 Å².